The van der Waals surface area contributed by atoms with Crippen LogP contribution >= 0.6 is 11.8 Å². The molecule has 1 rings (SSSR count). The lowest BCUT2D eigenvalue weighted by atomic mass is 10.3. The first-order valence-electron chi connectivity index (χ1n) is 6.22. The highest BCUT2D eigenvalue weighted by Gasteiger charge is 2.06. The topological polar surface area (TPSA) is 60.2 Å². The van der Waals surface area contributed by atoms with Crippen LogP contribution in [0, 0.1) is 0 Å². The van der Waals surface area contributed by atoms with Gasteiger partial charge in [0.15, 0.2) is 0 Å². The van der Waals surface area contributed by atoms with Crippen LogP contribution in [-0.4, -0.2) is 29.1 Å². The number of aromatic nitrogens is 1. The zero-order valence-electron chi connectivity index (χ0n) is 11.6. The smallest absolute Gasteiger partial charge is 0.239 e. The molecular weight excluding hydrogens is 246 g/mol. The quantitative estimate of drug-likeness (QED) is 0.797. The summed E-state index contributed by atoms with van der Waals surface area (Å²) in [6.45, 7) is 7.04. The van der Waals surface area contributed by atoms with Crippen LogP contribution in [0.4, 0.5) is 11.5 Å². The van der Waals surface area contributed by atoms with Gasteiger partial charge in [0.1, 0.15) is 5.82 Å². The molecule has 0 aliphatic heterocycles. The van der Waals surface area contributed by atoms with E-state index < -0.39 is 0 Å². The Morgan fingerprint density at radius 3 is 2.72 bits per heavy atom. The molecule has 0 saturated carbocycles. The maximum atomic E-state index is 5.82. The summed E-state index contributed by atoms with van der Waals surface area (Å²) in [5, 5.41) is 3.94. The Hall–Kier alpha value is -1.10. The molecule has 0 saturated heterocycles. The Kier molecular flexibility index (Phi) is 6.12. The number of nitrogens with one attached hydrogen (secondary N) is 1. The normalized spacial score (nSPS) is 12.5. The molecule has 1 unspecified atom stereocenters. The van der Waals surface area contributed by atoms with Crippen LogP contribution in [0.5, 0.6) is 5.88 Å². The third-order valence-corrected chi connectivity index (χ3v) is 3.54. The van der Waals surface area contributed by atoms with Crippen LogP contribution in [0.1, 0.15) is 27.2 Å². The van der Waals surface area contributed by atoms with E-state index in [1.165, 1.54) is 0 Å². The van der Waals surface area contributed by atoms with Crippen LogP contribution < -0.4 is 15.8 Å². The highest BCUT2D eigenvalue weighted by atomic mass is 32.2. The van der Waals surface area contributed by atoms with Crippen molar-refractivity contribution in [2.75, 3.05) is 23.9 Å². The number of nitrogens with two attached hydrogens (primary N) is 1. The van der Waals surface area contributed by atoms with Gasteiger partial charge in [-0.2, -0.15) is 16.7 Å². The molecular formula is C13H23N3OS. The Balaban J connectivity index is 2.56. The third kappa shape index (κ3) is 5.04. The SMILES string of the molecule is CSC(C)CCNc1ccc(N)c(OC(C)C)n1. The van der Waals surface area contributed by atoms with Crippen molar-refractivity contribution in [3.63, 3.8) is 0 Å². The summed E-state index contributed by atoms with van der Waals surface area (Å²) < 4.78 is 5.55. The number of rotatable bonds is 7. The van der Waals surface area contributed by atoms with E-state index in [4.69, 9.17) is 10.5 Å². The molecule has 18 heavy (non-hydrogen) atoms. The van der Waals surface area contributed by atoms with Crippen molar-refractivity contribution in [1.82, 2.24) is 4.98 Å². The fraction of sp³-hybridized carbons (Fsp3) is 0.615. The number of hydrogen-bond donors (Lipinski definition) is 2. The van der Waals surface area contributed by atoms with E-state index in [1.807, 2.05) is 37.7 Å². The highest BCUT2D eigenvalue weighted by Crippen LogP contribution is 2.22. The van der Waals surface area contributed by atoms with Gasteiger partial charge in [-0.3, -0.25) is 0 Å². The van der Waals surface area contributed by atoms with E-state index >= 15 is 0 Å². The molecule has 102 valence electrons. The first kappa shape index (κ1) is 15.0. The minimum absolute atomic E-state index is 0.0755. The fourth-order valence-electron chi connectivity index (χ4n) is 1.39. The van der Waals surface area contributed by atoms with E-state index in [2.05, 4.69) is 23.5 Å². The summed E-state index contributed by atoms with van der Waals surface area (Å²) in [4.78, 5) is 4.37. The summed E-state index contributed by atoms with van der Waals surface area (Å²) in [7, 11) is 0. The van der Waals surface area contributed by atoms with Crippen LogP contribution in [0.3, 0.4) is 0 Å². The first-order chi connectivity index (χ1) is 8.52. The molecule has 0 radical (unpaired) electrons. The molecule has 0 bridgehead atoms. The molecule has 1 heterocycles. The van der Waals surface area contributed by atoms with E-state index in [0.717, 1.165) is 18.8 Å². The van der Waals surface area contributed by atoms with Crippen LogP contribution in [0.25, 0.3) is 0 Å². The van der Waals surface area contributed by atoms with Gasteiger partial charge in [0.2, 0.25) is 5.88 Å². The van der Waals surface area contributed by atoms with Gasteiger partial charge in [0.05, 0.1) is 11.8 Å². The zero-order chi connectivity index (χ0) is 13.5. The number of pyridine rings is 1. The number of anilines is 2. The maximum Gasteiger partial charge on any atom is 0.239 e. The minimum atomic E-state index is 0.0755. The van der Waals surface area contributed by atoms with E-state index in [-0.39, 0.29) is 6.10 Å². The third-order valence-electron chi connectivity index (χ3n) is 2.50. The number of thioether (sulfide) groups is 1. The molecule has 0 aromatic carbocycles. The summed E-state index contributed by atoms with van der Waals surface area (Å²) in [5.41, 5.74) is 6.39. The number of nitrogen functional groups attached to an aromatic ring is 1. The molecule has 0 aliphatic carbocycles. The van der Waals surface area contributed by atoms with Gasteiger partial charge in [0, 0.05) is 11.8 Å². The van der Waals surface area contributed by atoms with Crippen LogP contribution in [0.2, 0.25) is 0 Å². The second-order valence-corrected chi connectivity index (χ2v) is 5.80. The number of hydrogen-bond acceptors (Lipinski definition) is 5. The van der Waals surface area contributed by atoms with Gasteiger partial charge in [-0.1, -0.05) is 6.92 Å². The monoisotopic (exact) mass is 269 g/mol. The number of ether oxygens (including phenoxy) is 1. The van der Waals surface area contributed by atoms with Gasteiger partial charge in [0.25, 0.3) is 0 Å². The number of nitrogens with zero attached hydrogens (tertiary/aromatic N) is 1. The second-order valence-electron chi connectivity index (χ2n) is 4.52. The fourth-order valence-corrected chi connectivity index (χ4v) is 1.74. The Morgan fingerprint density at radius 2 is 2.11 bits per heavy atom. The lowest BCUT2D eigenvalue weighted by Gasteiger charge is -2.13. The van der Waals surface area contributed by atoms with Crippen molar-refractivity contribution in [3.05, 3.63) is 12.1 Å². The molecule has 0 aliphatic rings. The van der Waals surface area contributed by atoms with Gasteiger partial charge < -0.3 is 15.8 Å². The Labute approximate surface area is 114 Å². The summed E-state index contributed by atoms with van der Waals surface area (Å²) in [5.74, 6) is 1.32. The predicted molar refractivity (Wildman–Crippen MR) is 80.5 cm³/mol. The second kappa shape index (κ2) is 7.36. The van der Waals surface area contributed by atoms with Gasteiger partial charge >= 0.3 is 0 Å². The predicted octanol–water partition coefficient (Wildman–Crippen LogP) is 3.00. The summed E-state index contributed by atoms with van der Waals surface area (Å²) >= 11 is 1.87. The molecule has 1 atom stereocenters. The van der Waals surface area contributed by atoms with E-state index in [0.29, 0.717) is 16.8 Å². The standard InChI is InChI=1S/C13H23N3OS/c1-9(2)17-13-11(14)5-6-12(16-13)15-8-7-10(3)18-4/h5-6,9-10H,7-8,14H2,1-4H3,(H,15,16). The van der Waals surface area contributed by atoms with Gasteiger partial charge in [-0.25, -0.2) is 0 Å². The van der Waals surface area contributed by atoms with Crippen molar-refractivity contribution < 1.29 is 4.74 Å². The highest BCUT2D eigenvalue weighted by molar-refractivity contribution is 7.99. The summed E-state index contributed by atoms with van der Waals surface area (Å²) in [6, 6.07) is 3.71. The minimum Gasteiger partial charge on any atom is -0.473 e. The van der Waals surface area contributed by atoms with Crippen molar-refractivity contribution in [3.8, 4) is 5.88 Å². The van der Waals surface area contributed by atoms with E-state index in [9.17, 15) is 0 Å². The largest absolute Gasteiger partial charge is 0.473 e. The molecule has 1 aromatic rings. The van der Waals surface area contributed by atoms with Crippen molar-refractivity contribution >= 4 is 23.3 Å². The lowest BCUT2D eigenvalue weighted by Crippen LogP contribution is -2.12. The zero-order valence-corrected chi connectivity index (χ0v) is 12.4. The molecule has 0 amide bonds. The van der Waals surface area contributed by atoms with Crippen molar-refractivity contribution in [2.45, 2.75) is 38.5 Å². The average molecular weight is 269 g/mol. The Morgan fingerprint density at radius 1 is 1.39 bits per heavy atom. The van der Waals surface area contributed by atoms with Gasteiger partial charge in [-0.15, -0.1) is 0 Å². The first-order valence-corrected chi connectivity index (χ1v) is 7.51. The van der Waals surface area contributed by atoms with E-state index in [1.54, 1.807) is 0 Å². The average Bonchev–Trinajstić information content (AvgIpc) is 2.32. The van der Waals surface area contributed by atoms with Crippen LogP contribution in [0.15, 0.2) is 12.1 Å². The lowest BCUT2D eigenvalue weighted by molar-refractivity contribution is 0.234. The molecule has 4 nitrogen and oxygen atoms in total. The molecule has 0 fully saturated rings. The maximum absolute atomic E-state index is 5.82. The Bertz CT molecular complexity index is 371. The molecule has 1 aromatic heterocycles. The van der Waals surface area contributed by atoms with Crippen molar-refractivity contribution in [2.24, 2.45) is 0 Å². The van der Waals surface area contributed by atoms with Crippen LogP contribution in [-0.2, 0) is 0 Å². The molecule has 0 spiro atoms. The van der Waals surface area contributed by atoms with Gasteiger partial charge in [-0.05, 0) is 38.7 Å². The molecule has 3 N–H and O–H groups in total. The summed E-state index contributed by atoms with van der Waals surface area (Å²) in [6.07, 6.45) is 3.31. The van der Waals surface area contributed by atoms with Crippen molar-refractivity contribution in [1.29, 1.82) is 0 Å². The molecule has 5 heteroatoms.